The molecule has 0 N–H and O–H groups in total. The second kappa shape index (κ2) is 8.53. The first-order valence-electron chi connectivity index (χ1n) is 12.6. The lowest BCUT2D eigenvalue weighted by Crippen LogP contribution is -2.38. The highest BCUT2D eigenvalue weighted by Crippen LogP contribution is 2.41. The molecule has 0 unspecified atom stereocenters. The lowest BCUT2D eigenvalue weighted by molar-refractivity contribution is 0.574. The van der Waals surface area contributed by atoms with E-state index in [2.05, 4.69) is 48.0 Å². The molecule has 0 fully saturated rings. The van der Waals surface area contributed by atoms with Crippen molar-refractivity contribution in [3.63, 3.8) is 0 Å². The maximum atomic E-state index is 14.4. The van der Waals surface area contributed by atoms with E-state index >= 15 is 0 Å². The Kier molecular flexibility index (Phi) is 5.11. The highest BCUT2D eigenvalue weighted by Gasteiger charge is 2.32. The molecule has 0 amide bonds. The second-order valence-corrected chi connectivity index (χ2v) is 10.6. The van der Waals surface area contributed by atoms with Crippen molar-refractivity contribution in [1.82, 2.24) is 9.13 Å². The van der Waals surface area contributed by atoms with Gasteiger partial charge in [0.25, 0.3) is 5.56 Å². The van der Waals surface area contributed by atoms with Crippen LogP contribution >= 0.6 is 11.3 Å². The van der Waals surface area contributed by atoms with Gasteiger partial charge in [0.15, 0.2) is 4.80 Å². The van der Waals surface area contributed by atoms with Crippen LogP contribution in [0.25, 0.3) is 22.7 Å². The van der Waals surface area contributed by atoms with Gasteiger partial charge in [-0.15, -0.1) is 0 Å². The summed E-state index contributed by atoms with van der Waals surface area (Å²) in [5.74, 6) is -0.303. The van der Waals surface area contributed by atoms with Gasteiger partial charge >= 0.3 is 0 Å². The number of para-hydroxylation sites is 1. The molecule has 0 saturated heterocycles. The number of rotatable bonds is 3. The maximum absolute atomic E-state index is 14.4. The summed E-state index contributed by atoms with van der Waals surface area (Å²) in [7, 11) is 0. The summed E-state index contributed by atoms with van der Waals surface area (Å²) in [6.07, 6.45) is 5.74. The predicted octanol–water partition coefficient (Wildman–Crippen LogP) is 5.43. The van der Waals surface area contributed by atoms with E-state index in [1.807, 2.05) is 30.3 Å². The molecule has 3 aromatic carbocycles. The molecule has 37 heavy (non-hydrogen) atoms. The summed E-state index contributed by atoms with van der Waals surface area (Å²) in [5, 5.41) is 1.12. The van der Waals surface area contributed by atoms with Gasteiger partial charge < -0.3 is 4.57 Å². The summed E-state index contributed by atoms with van der Waals surface area (Å²) in [5.41, 5.74) is 7.21. The van der Waals surface area contributed by atoms with E-state index < -0.39 is 0 Å². The van der Waals surface area contributed by atoms with Gasteiger partial charge in [-0.3, -0.25) is 9.36 Å². The molecule has 0 radical (unpaired) electrons. The SMILES string of the molecule is CCn1cc(/C=c2/sc3n(c2=O)[C@@H](c2cccc(F)c2)C2=C(N=3)c3ccccc3CC2)c2ccccc21. The van der Waals surface area contributed by atoms with Crippen molar-refractivity contribution in [3.05, 3.63) is 132 Å². The van der Waals surface area contributed by atoms with E-state index in [0.29, 0.717) is 9.33 Å². The minimum absolute atomic E-state index is 0.0863. The van der Waals surface area contributed by atoms with E-state index in [4.69, 9.17) is 4.99 Å². The Morgan fingerprint density at radius 3 is 2.76 bits per heavy atom. The summed E-state index contributed by atoms with van der Waals surface area (Å²) in [6, 6.07) is 22.8. The van der Waals surface area contributed by atoms with Crippen LogP contribution in [0.1, 0.15) is 41.6 Å². The molecular weight excluding hydrogens is 481 g/mol. The van der Waals surface area contributed by atoms with E-state index in [1.54, 1.807) is 16.7 Å². The average molecular weight is 506 g/mol. The van der Waals surface area contributed by atoms with Crippen molar-refractivity contribution >= 4 is 34.0 Å². The topological polar surface area (TPSA) is 39.3 Å². The van der Waals surface area contributed by atoms with E-state index in [1.165, 1.54) is 23.0 Å². The van der Waals surface area contributed by atoms with E-state index in [-0.39, 0.29) is 17.4 Å². The Bertz CT molecular complexity index is 1920. The normalized spacial score (nSPS) is 16.9. The van der Waals surface area contributed by atoms with Crippen molar-refractivity contribution in [2.24, 2.45) is 4.99 Å². The Hall–Kier alpha value is -4.03. The Balaban J connectivity index is 1.50. The monoisotopic (exact) mass is 505 g/mol. The van der Waals surface area contributed by atoms with Crippen LogP contribution in [0.2, 0.25) is 0 Å². The number of fused-ring (bicyclic) bond motifs is 4. The molecule has 0 bridgehead atoms. The molecule has 2 aliphatic rings. The van der Waals surface area contributed by atoms with Crippen LogP contribution < -0.4 is 14.9 Å². The highest BCUT2D eigenvalue weighted by molar-refractivity contribution is 7.07. The van der Waals surface area contributed by atoms with Gasteiger partial charge in [-0.25, -0.2) is 9.38 Å². The molecular formula is C31H24FN3OS. The molecule has 5 aromatic rings. The van der Waals surface area contributed by atoms with Gasteiger partial charge in [-0.1, -0.05) is 65.9 Å². The van der Waals surface area contributed by atoms with E-state index in [0.717, 1.165) is 58.2 Å². The van der Waals surface area contributed by atoms with Crippen LogP contribution in [0.4, 0.5) is 4.39 Å². The molecule has 4 nitrogen and oxygen atoms in total. The zero-order valence-corrected chi connectivity index (χ0v) is 21.1. The standard InChI is InChI=1S/C31H24FN3OS/c1-2-34-18-21(23-11-5-6-13-26(23)34)17-27-30(36)35-29(20-9-7-10-22(32)16-20)25-15-14-19-8-3-4-12-24(19)28(25)33-31(35)37-27/h3-13,16-18,29H,2,14-15H2,1H3/b27-17+/t29-/m0/s1. The number of thiazole rings is 1. The van der Waals surface area contributed by atoms with Crippen molar-refractivity contribution < 1.29 is 4.39 Å². The van der Waals surface area contributed by atoms with Crippen LogP contribution in [0.3, 0.4) is 0 Å². The van der Waals surface area contributed by atoms with Crippen LogP contribution in [0.15, 0.2) is 94.4 Å². The molecule has 1 atom stereocenters. The minimum atomic E-state index is -0.380. The number of hydrogen-bond donors (Lipinski definition) is 0. The van der Waals surface area contributed by atoms with Gasteiger partial charge in [-0.2, -0.15) is 0 Å². The van der Waals surface area contributed by atoms with E-state index in [9.17, 15) is 9.18 Å². The van der Waals surface area contributed by atoms with Crippen molar-refractivity contribution in [2.45, 2.75) is 32.4 Å². The van der Waals surface area contributed by atoms with Gasteiger partial charge in [-0.05, 0) is 60.7 Å². The number of halogens is 1. The van der Waals surface area contributed by atoms with Gasteiger partial charge in [0.2, 0.25) is 0 Å². The first kappa shape index (κ1) is 22.2. The summed E-state index contributed by atoms with van der Waals surface area (Å²) >= 11 is 1.41. The lowest BCUT2D eigenvalue weighted by atomic mass is 9.83. The summed E-state index contributed by atoms with van der Waals surface area (Å²) in [4.78, 5) is 19.7. The zero-order chi connectivity index (χ0) is 25.1. The van der Waals surface area contributed by atoms with Crippen LogP contribution in [0, 0.1) is 5.82 Å². The molecule has 182 valence electrons. The number of allylic oxidation sites excluding steroid dienone is 1. The molecule has 1 aliphatic carbocycles. The third kappa shape index (κ3) is 3.47. The average Bonchev–Trinajstić information content (AvgIpc) is 3.44. The van der Waals surface area contributed by atoms with Crippen LogP contribution in [-0.4, -0.2) is 9.13 Å². The van der Waals surface area contributed by atoms with Crippen molar-refractivity contribution in [2.75, 3.05) is 0 Å². The molecule has 7 rings (SSSR count). The molecule has 0 saturated carbocycles. The van der Waals surface area contributed by atoms with Gasteiger partial charge in [0, 0.05) is 34.8 Å². The molecule has 2 aromatic heterocycles. The maximum Gasteiger partial charge on any atom is 0.271 e. The Morgan fingerprint density at radius 1 is 1.05 bits per heavy atom. The van der Waals surface area contributed by atoms with Gasteiger partial charge in [0.1, 0.15) is 5.82 Å². The fraction of sp³-hybridized carbons (Fsp3) is 0.161. The summed E-state index contributed by atoms with van der Waals surface area (Å²) < 4.78 is 19.0. The Labute approximate surface area is 217 Å². The quantitative estimate of drug-likeness (QED) is 0.322. The van der Waals surface area contributed by atoms with Crippen LogP contribution in [-0.2, 0) is 13.0 Å². The summed E-state index contributed by atoms with van der Waals surface area (Å²) in [6.45, 7) is 2.97. The third-order valence-electron chi connectivity index (χ3n) is 7.48. The molecule has 1 aliphatic heterocycles. The largest absolute Gasteiger partial charge is 0.347 e. The predicted molar refractivity (Wildman–Crippen MR) is 147 cm³/mol. The van der Waals surface area contributed by atoms with Crippen molar-refractivity contribution in [3.8, 4) is 0 Å². The number of hydrogen-bond acceptors (Lipinski definition) is 3. The molecule has 6 heteroatoms. The fourth-order valence-corrected chi connectivity index (χ4v) is 6.78. The molecule has 3 heterocycles. The number of aryl methyl sites for hydroxylation is 2. The second-order valence-electron chi connectivity index (χ2n) is 9.56. The first-order chi connectivity index (χ1) is 18.1. The Morgan fingerprint density at radius 2 is 1.89 bits per heavy atom. The third-order valence-corrected chi connectivity index (χ3v) is 8.47. The number of aromatic nitrogens is 2. The fourth-order valence-electron chi connectivity index (χ4n) is 5.79. The highest BCUT2D eigenvalue weighted by atomic mass is 32.1. The minimum Gasteiger partial charge on any atom is -0.347 e. The van der Waals surface area contributed by atoms with Crippen molar-refractivity contribution in [1.29, 1.82) is 0 Å². The smallest absolute Gasteiger partial charge is 0.271 e. The molecule has 0 spiro atoms. The van der Waals surface area contributed by atoms with Crippen LogP contribution in [0.5, 0.6) is 0 Å². The zero-order valence-electron chi connectivity index (χ0n) is 20.3. The first-order valence-corrected chi connectivity index (χ1v) is 13.4. The number of nitrogens with zero attached hydrogens (tertiary/aromatic N) is 3. The van der Waals surface area contributed by atoms with Gasteiger partial charge in [0.05, 0.1) is 16.3 Å². The lowest BCUT2D eigenvalue weighted by Gasteiger charge is -2.30. The number of benzene rings is 3.